The summed E-state index contributed by atoms with van der Waals surface area (Å²) in [5, 5.41) is 1.93. The van der Waals surface area contributed by atoms with Crippen molar-refractivity contribution in [3.63, 3.8) is 0 Å². The van der Waals surface area contributed by atoms with Gasteiger partial charge in [-0.15, -0.1) is 0 Å². The number of aryl methyl sites for hydroxylation is 1. The van der Waals surface area contributed by atoms with Crippen LogP contribution in [0.1, 0.15) is 5.56 Å². The second kappa shape index (κ2) is 3.85. The van der Waals surface area contributed by atoms with Crippen LogP contribution >= 0.6 is 0 Å². The number of ether oxygens (including phenoxy) is 1. The molecule has 0 fully saturated rings. The van der Waals surface area contributed by atoms with Crippen LogP contribution in [0, 0.1) is 6.92 Å². The van der Waals surface area contributed by atoms with E-state index in [2.05, 4.69) is 4.74 Å². The van der Waals surface area contributed by atoms with Gasteiger partial charge >= 0.3 is 6.61 Å². The van der Waals surface area contributed by atoms with Gasteiger partial charge in [0.15, 0.2) is 0 Å². The maximum absolute atomic E-state index is 12.0. The van der Waals surface area contributed by atoms with E-state index in [4.69, 9.17) is 0 Å². The Bertz CT molecular complexity index is 480. The zero-order valence-corrected chi connectivity index (χ0v) is 8.21. The Morgan fingerprint density at radius 2 is 1.67 bits per heavy atom. The third-order valence-electron chi connectivity index (χ3n) is 2.19. The molecule has 0 bridgehead atoms. The maximum Gasteiger partial charge on any atom is 0.387 e. The van der Waals surface area contributed by atoms with E-state index < -0.39 is 6.61 Å². The minimum absolute atomic E-state index is 0.196. The van der Waals surface area contributed by atoms with Crippen LogP contribution in [0.3, 0.4) is 0 Å². The van der Waals surface area contributed by atoms with E-state index >= 15 is 0 Å². The van der Waals surface area contributed by atoms with Crippen molar-refractivity contribution in [2.24, 2.45) is 0 Å². The Labute approximate surface area is 86.3 Å². The number of benzene rings is 2. The Morgan fingerprint density at radius 3 is 2.40 bits per heavy atom. The summed E-state index contributed by atoms with van der Waals surface area (Å²) in [4.78, 5) is 0. The number of hydrogen-bond acceptors (Lipinski definition) is 1. The molecule has 15 heavy (non-hydrogen) atoms. The van der Waals surface area contributed by atoms with Gasteiger partial charge in [0.2, 0.25) is 0 Å². The fourth-order valence-electron chi connectivity index (χ4n) is 1.52. The minimum atomic E-state index is -2.77. The van der Waals surface area contributed by atoms with Crippen LogP contribution in [0.15, 0.2) is 36.4 Å². The number of fused-ring (bicyclic) bond motifs is 1. The topological polar surface area (TPSA) is 9.23 Å². The number of rotatable bonds is 2. The first-order valence-corrected chi connectivity index (χ1v) is 4.60. The molecule has 0 aliphatic rings. The molecule has 0 aliphatic carbocycles. The third kappa shape index (κ3) is 2.24. The zero-order valence-electron chi connectivity index (χ0n) is 8.21. The van der Waals surface area contributed by atoms with Gasteiger partial charge in [-0.1, -0.05) is 29.8 Å². The Kier molecular flexibility index (Phi) is 2.54. The molecule has 2 rings (SSSR count). The summed E-state index contributed by atoms with van der Waals surface area (Å²) < 4.78 is 28.2. The number of halogens is 2. The molecule has 0 N–H and O–H groups in total. The predicted molar refractivity (Wildman–Crippen MR) is 55.3 cm³/mol. The molecule has 3 heteroatoms. The van der Waals surface area contributed by atoms with Crippen molar-refractivity contribution in [3.8, 4) is 5.75 Å². The van der Waals surface area contributed by atoms with Gasteiger partial charge in [-0.05, 0) is 29.8 Å². The van der Waals surface area contributed by atoms with E-state index in [9.17, 15) is 8.78 Å². The monoisotopic (exact) mass is 208 g/mol. The molecule has 0 aromatic heterocycles. The van der Waals surface area contributed by atoms with Gasteiger partial charge < -0.3 is 4.74 Å². The highest BCUT2D eigenvalue weighted by molar-refractivity contribution is 5.84. The molecule has 0 saturated carbocycles. The van der Waals surface area contributed by atoms with Crippen LogP contribution in [0.5, 0.6) is 5.75 Å². The molecule has 1 nitrogen and oxygen atoms in total. The van der Waals surface area contributed by atoms with Crippen LogP contribution in [0.2, 0.25) is 0 Å². The van der Waals surface area contributed by atoms with E-state index in [0.717, 1.165) is 16.3 Å². The van der Waals surface area contributed by atoms with Gasteiger partial charge in [-0.2, -0.15) is 8.78 Å². The van der Waals surface area contributed by atoms with E-state index in [0.29, 0.717) is 0 Å². The Balaban J connectivity index is 2.43. The highest BCUT2D eigenvalue weighted by atomic mass is 19.3. The van der Waals surface area contributed by atoms with Crippen molar-refractivity contribution in [1.29, 1.82) is 0 Å². The van der Waals surface area contributed by atoms with E-state index in [1.807, 2.05) is 25.1 Å². The largest absolute Gasteiger partial charge is 0.435 e. The SMILES string of the molecule is Cc1ccc2cc(OC(F)F)ccc2c1. The average Bonchev–Trinajstić information content (AvgIpc) is 2.17. The lowest BCUT2D eigenvalue weighted by Crippen LogP contribution is -2.01. The fourth-order valence-corrected chi connectivity index (χ4v) is 1.52. The maximum atomic E-state index is 12.0. The first kappa shape index (κ1) is 9.90. The first-order valence-electron chi connectivity index (χ1n) is 4.60. The van der Waals surface area contributed by atoms with E-state index in [1.54, 1.807) is 18.2 Å². The molecule has 2 aromatic carbocycles. The van der Waals surface area contributed by atoms with Gasteiger partial charge in [0.05, 0.1) is 0 Å². The lowest BCUT2D eigenvalue weighted by molar-refractivity contribution is -0.0497. The van der Waals surface area contributed by atoms with Crippen molar-refractivity contribution in [3.05, 3.63) is 42.0 Å². The molecule has 0 unspecified atom stereocenters. The molecular formula is C12H10F2O. The van der Waals surface area contributed by atoms with Crippen LogP contribution in [-0.4, -0.2) is 6.61 Å². The molecule has 0 radical (unpaired) electrons. The van der Waals surface area contributed by atoms with Crippen LogP contribution in [0.4, 0.5) is 8.78 Å². The quantitative estimate of drug-likeness (QED) is 0.730. The smallest absolute Gasteiger partial charge is 0.387 e. The average molecular weight is 208 g/mol. The van der Waals surface area contributed by atoms with Gasteiger partial charge in [0, 0.05) is 0 Å². The van der Waals surface area contributed by atoms with Crippen molar-refractivity contribution >= 4 is 10.8 Å². The van der Waals surface area contributed by atoms with Gasteiger partial charge in [-0.3, -0.25) is 0 Å². The van der Waals surface area contributed by atoms with Crippen molar-refractivity contribution in [1.82, 2.24) is 0 Å². The standard InChI is InChI=1S/C12H10F2O/c1-8-2-3-10-7-11(15-12(13)14)5-4-9(10)6-8/h2-7,12H,1H3. The lowest BCUT2D eigenvalue weighted by atomic mass is 10.1. The summed E-state index contributed by atoms with van der Waals surface area (Å²) in [6.45, 7) is -0.781. The summed E-state index contributed by atoms with van der Waals surface area (Å²) >= 11 is 0. The van der Waals surface area contributed by atoms with E-state index in [-0.39, 0.29) is 5.75 Å². The highest BCUT2D eigenvalue weighted by Gasteiger charge is 2.04. The first-order chi connectivity index (χ1) is 7.15. The predicted octanol–water partition coefficient (Wildman–Crippen LogP) is 3.75. The normalized spacial score (nSPS) is 10.9. The summed E-state index contributed by atoms with van der Waals surface area (Å²) in [6.07, 6.45) is 0. The highest BCUT2D eigenvalue weighted by Crippen LogP contribution is 2.22. The molecule has 0 amide bonds. The second-order valence-electron chi connectivity index (χ2n) is 3.39. The van der Waals surface area contributed by atoms with Gasteiger partial charge in [0.25, 0.3) is 0 Å². The van der Waals surface area contributed by atoms with Gasteiger partial charge in [0.1, 0.15) is 5.75 Å². The fraction of sp³-hybridized carbons (Fsp3) is 0.167. The molecule has 0 atom stereocenters. The number of alkyl halides is 2. The van der Waals surface area contributed by atoms with Crippen molar-refractivity contribution in [2.75, 3.05) is 0 Å². The Morgan fingerprint density at radius 1 is 1.00 bits per heavy atom. The lowest BCUT2D eigenvalue weighted by Gasteiger charge is -2.05. The third-order valence-corrected chi connectivity index (χ3v) is 2.19. The van der Waals surface area contributed by atoms with E-state index in [1.165, 1.54) is 0 Å². The zero-order chi connectivity index (χ0) is 10.8. The summed E-state index contributed by atoms with van der Waals surface area (Å²) in [6, 6.07) is 10.8. The summed E-state index contributed by atoms with van der Waals surface area (Å²) in [5.41, 5.74) is 1.14. The van der Waals surface area contributed by atoms with Crippen LogP contribution in [-0.2, 0) is 0 Å². The molecule has 78 valence electrons. The van der Waals surface area contributed by atoms with Crippen molar-refractivity contribution < 1.29 is 13.5 Å². The summed E-state index contributed by atoms with van der Waals surface area (Å²) in [5.74, 6) is 0.196. The Hall–Kier alpha value is -1.64. The van der Waals surface area contributed by atoms with Crippen molar-refractivity contribution in [2.45, 2.75) is 13.5 Å². The molecular weight excluding hydrogens is 198 g/mol. The molecule has 0 saturated heterocycles. The van der Waals surface area contributed by atoms with Crippen LogP contribution < -0.4 is 4.74 Å². The molecule has 0 aliphatic heterocycles. The summed E-state index contributed by atoms with van der Waals surface area (Å²) in [7, 11) is 0. The number of hydrogen-bond donors (Lipinski definition) is 0. The molecule has 2 aromatic rings. The van der Waals surface area contributed by atoms with Gasteiger partial charge in [-0.25, -0.2) is 0 Å². The molecule has 0 spiro atoms. The van der Waals surface area contributed by atoms with Crippen LogP contribution in [0.25, 0.3) is 10.8 Å². The molecule has 0 heterocycles. The minimum Gasteiger partial charge on any atom is -0.435 e. The second-order valence-corrected chi connectivity index (χ2v) is 3.39.